The average Bonchev–Trinajstić information content (AvgIpc) is 3.24. The Hall–Kier alpha value is -2.75. The van der Waals surface area contributed by atoms with Gasteiger partial charge in [0, 0.05) is 11.6 Å². The van der Waals surface area contributed by atoms with Gasteiger partial charge in [-0.1, -0.05) is 12.8 Å². The lowest BCUT2D eigenvalue weighted by molar-refractivity contribution is -0.122. The topological polar surface area (TPSA) is 101 Å². The third-order valence-electron chi connectivity index (χ3n) is 4.00. The van der Waals surface area contributed by atoms with Gasteiger partial charge < -0.3 is 9.73 Å². The van der Waals surface area contributed by atoms with Crippen LogP contribution in [0.3, 0.4) is 0 Å². The maximum absolute atomic E-state index is 12.9. The van der Waals surface area contributed by atoms with Gasteiger partial charge in [-0.05, 0) is 49.3 Å². The van der Waals surface area contributed by atoms with Crippen LogP contribution in [0.4, 0.5) is 4.39 Å². The Balaban J connectivity index is 1.53. The van der Waals surface area contributed by atoms with Gasteiger partial charge in [-0.2, -0.15) is 4.68 Å². The zero-order valence-electron chi connectivity index (χ0n) is 13.8. The van der Waals surface area contributed by atoms with Crippen LogP contribution < -0.4 is 21.9 Å². The number of hydrogen-bond acceptors (Lipinski definition) is 5. The second-order valence-corrected chi connectivity index (χ2v) is 6.37. The average molecular weight is 379 g/mol. The van der Waals surface area contributed by atoms with Gasteiger partial charge >= 0.3 is 5.76 Å². The second kappa shape index (κ2) is 8.09. The molecule has 3 N–H and O–H groups in total. The van der Waals surface area contributed by atoms with E-state index in [1.165, 1.54) is 24.3 Å². The van der Waals surface area contributed by atoms with Gasteiger partial charge in [0.25, 0.3) is 5.91 Å². The second-order valence-electron chi connectivity index (χ2n) is 5.97. The molecule has 0 radical (unpaired) electrons. The summed E-state index contributed by atoms with van der Waals surface area (Å²) in [7, 11) is 0. The number of hydrazine groups is 1. The predicted octanol–water partition coefficient (Wildman–Crippen LogP) is 1.08. The third kappa shape index (κ3) is 4.66. The molecular formula is C16H18FN5O3S. The van der Waals surface area contributed by atoms with Crippen molar-refractivity contribution in [1.29, 1.82) is 0 Å². The van der Waals surface area contributed by atoms with Gasteiger partial charge in [-0.15, -0.1) is 5.10 Å². The third-order valence-corrected chi connectivity index (χ3v) is 4.22. The number of benzene rings is 1. The number of nitrogens with zero attached hydrogens (tertiary/aromatic N) is 2. The maximum atomic E-state index is 12.9. The minimum atomic E-state index is -0.786. The number of halogens is 1. The Labute approximate surface area is 153 Å². The molecule has 1 aliphatic rings. The number of rotatable bonds is 4. The molecule has 8 nitrogen and oxygen atoms in total. The molecule has 10 heteroatoms. The first-order chi connectivity index (χ1) is 12.5. The van der Waals surface area contributed by atoms with E-state index < -0.39 is 17.5 Å². The molecular weight excluding hydrogens is 361 g/mol. The number of aromatic nitrogens is 2. The van der Waals surface area contributed by atoms with Crippen LogP contribution in [0.1, 0.15) is 25.7 Å². The first-order valence-corrected chi connectivity index (χ1v) is 8.61. The monoisotopic (exact) mass is 379 g/mol. The highest BCUT2D eigenvalue weighted by atomic mass is 32.1. The van der Waals surface area contributed by atoms with Gasteiger partial charge in [-0.3, -0.25) is 15.6 Å². The van der Waals surface area contributed by atoms with Crippen LogP contribution in [0.25, 0.3) is 11.5 Å². The molecule has 1 aromatic carbocycles. The quantitative estimate of drug-likeness (QED) is 0.540. The van der Waals surface area contributed by atoms with Crippen molar-refractivity contribution in [3.05, 3.63) is 40.6 Å². The summed E-state index contributed by atoms with van der Waals surface area (Å²) < 4.78 is 18.8. The van der Waals surface area contributed by atoms with Crippen LogP contribution in [0.15, 0.2) is 33.5 Å². The number of carbonyl (C=O) groups is 1. The molecule has 3 rings (SSSR count). The van der Waals surface area contributed by atoms with Crippen molar-refractivity contribution >= 4 is 23.2 Å². The van der Waals surface area contributed by atoms with Crippen molar-refractivity contribution in [2.45, 2.75) is 38.3 Å². The van der Waals surface area contributed by atoms with E-state index in [1.54, 1.807) is 0 Å². The Morgan fingerprint density at radius 1 is 1.27 bits per heavy atom. The van der Waals surface area contributed by atoms with Crippen molar-refractivity contribution < 1.29 is 13.6 Å². The summed E-state index contributed by atoms with van der Waals surface area (Å²) in [6, 6.07) is 5.63. The van der Waals surface area contributed by atoms with Gasteiger partial charge in [0.15, 0.2) is 5.11 Å². The smallest absolute Gasteiger partial charge is 0.388 e. The fourth-order valence-corrected chi connectivity index (χ4v) is 2.93. The van der Waals surface area contributed by atoms with Gasteiger partial charge in [0.05, 0.1) is 0 Å². The lowest BCUT2D eigenvalue weighted by atomic mass is 10.2. The molecule has 2 aromatic rings. The number of nitrogens with one attached hydrogen (secondary N) is 3. The Morgan fingerprint density at radius 2 is 1.96 bits per heavy atom. The minimum absolute atomic E-state index is 0.00850. The normalized spacial score (nSPS) is 14.2. The first kappa shape index (κ1) is 18.1. The van der Waals surface area contributed by atoms with Crippen LogP contribution in [0.5, 0.6) is 0 Å². The molecule has 0 unspecified atom stereocenters. The van der Waals surface area contributed by atoms with E-state index in [0.29, 0.717) is 16.7 Å². The standard InChI is InChI=1S/C16H18FN5O3S/c17-11-7-5-10(6-8-11)14-21-22(16(24)25-14)9-13(23)19-20-15(26)18-12-3-1-2-4-12/h5-8,12H,1-4,9H2,(H,19,23)(H2,18,20,26). The molecule has 1 amide bonds. The lowest BCUT2D eigenvalue weighted by Crippen LogP contribution is -2.50. The summed E-state index contributed by atoms with van der Waals surface area (Å²) in [4.78, 5) is 23.7. The maximum Gasteiger partial charge on any atom is 0.437 e. The van der Waals surface area contributed by atoms with Crippen molar-refractivity contribution in [3.63, 3.8) is 0 Å². The molecule has 0 aliphatic heterocycles. The van der Waals surface area contributed by atoms with Crippen LogP contribution in [0, 0.1) is 5.82 Å². The SMILES string of the molecule is O=C(Cn1nc(-c2ccc(F)cc2)oc1=O)NNC(=S)NC1CCCC1. The van der Waals surface area contributed by atoms with E-state index in [-0.39, 0.29) is 12.4 Å². The van der Waals surface area contributed by atoms with E-state index in [0.717, 1.165) is 30.4 Å². The molecule has 0 bridgehead atoms. The van der Waals surface area contributed by atoms with Crippen molar-refractivity contribution in [2.75, 3.05) is 0 Å². The van der Waals surface area contributed by atoms with Crippen LogP contribution in [-0.2, 0) is 11.3 Å². The first-order valence-electron chi connectivity index (χ1n) is 8.20. The Kier molecular flexibility index (Phi) is 5.61. The number of hydrogen-bond donors (Lipinski definition) is 3. The highest BCUT2D eigenvalue weighted by Gasteiger charge is 2.16. The van der Waals surface area contributed by atoms with E-state index in [4.69, 9.17) is 16.6 Å². The molecule has 1 aromatic heterocycles. The predicted molar refractivity (Wildman–Crippen MR) is 95.4 cm³/mol. The highest BCUT2D eigenvalue weighted by Crippen LogP contribution is 2.17. The lowest BCUT2D eigenvalue weighted by Gasteiger charge is -2.15. The fraction of sp³-hybridized carbons (Fsp3) is 0.375. The molecule has 1 heterocycles. The molecule has 26 heavy (non-hydrogen) atoms. The van der Waals surface area contributed by atoms with E-state index in [9.17, 15) is 14.0 Å². The largest absolute Gasteiger partial charge is 0.437 e. The molecule has 0 atom stereocenters. The number of amides is 1. The van der Waals surface area contributed by atoms with Gasteiger partial charge in [0.1, 0.15) is 12.4 Å². The Bertz CT molecular complexity index is 842. The van der Waals surface area contributed by atoms with Crippen molar-refractivity contribution in [2.24, 2.45) is 0 Å². The minimum Gasteiger partial charge on any atom is -0.388 e. The zero-order chi connectivity index (χ0) is 18.5. The van der Waals surface area contributed by atoms with E-state index in [2.05, 4.69) is 21.3 Å². The summed E-state index contributed by atoms with van der Waals surface area (Å²) in [5, 5.41) is 7.37. The number of carbonyl (C=O) groups excluding carboxylic acids is 1. The fourth-order valence-electron chi connectivity index (χ4n) is 2.71. The van der Waals surface area contributed by atoms with Crippen molar-refractivity contribution in [1.82, 2.24) is 25.9 Å². The zero-order valence-corrected chi connectivity index (χ0v) is 14.6. The molecule has 1 aliphatic carbocycles. The molecule has 0 spiro atoms. The van der Waals surface area contributed by atoms with Crippen LogP contribution >= 0.6 is 12.2 Å². The van der Waals surface area contributed by atoms with Crippen LogP contribution in [0.2, 0.25) is 0 Å². The molecule has 138 valence electrons. The summed E-state index contributed by atoms with van der Waals surface area (Å²) in [5.41, 5.74) is 5.44. The van der Waals surface area contributed by atoms with Gasteiger partial charge in [0.2, 0.25) is 5.89 Å². The Morgan fingerprint density at radius 3 is 2.65 bits per heavy atom. The molecule has 1 fully saturated rings. The summed E-state index contributed by atoms with van der Waals surface area (Å²) >= 11 is 5.11. The van der Waals surface area contributed by atoms with Crippen LogP contribution in [-0.4, -0.2) is 26.8 Å². The molecule has 1 saturated carbocycles. The summed E-state index contributed by atoms with van der Waals surface area (Å²) in [6.07, 6.45) is 4.43. The highest BCUT2D eigenvalue weighted by molar-refractivity contribution is 7.80. The summed E-state index contributed by atoms with van der Waals surface area (Å²) in [6.45, 7) is -0.345. The van der Waals surface area contributed by atoms with E-state index in [1.807, 2.05) is 0 Å². The molecule has 0 saturated heterocycles. The van der Waals surface area contributed by atoms with Crippen molar-refractivity contribution in [3.8, 4) is 11.5 Å². The summed E-state index contributed by atoms with van der Waals surface area (Å²) in [5.74, 6) is -1.70. The number of thiocarbonyl (C=S) groups is 1. The van der Waals surface area contributed by atoms with Gasteiger partial charge in [-0.25, -0.2) is 9.18 Å². The van der Waals surface area contributed by atoms with E-state index >= 15 is 0 Å².